The number of anilines is 2. The van der Waals surface area contributed by atoms with Crippen LogP contribution in [0.2, 0.25) is 0 Å². The molecular weight excluding hydrogens is 397 g/mol. The number of alkyl halides is 3. The van der Waals surface area contributed by atoms with Crippen molar-refractivity contribution in [2.75, 3.05) is 16.8 Å². The summed E-state index contributed by atoms with van der Waals surface area (Å²) in [6.45, 7) is 0.505. The number of aryl methyl sites for hydroxylation is 1. The molecule has 3 aromatic rings. The Bertz CT molecular complexity index is 1070. The van der Waals surface area contributed by atoms with E-state index in [4.69, 9.17) is 4.42 Å². The third kappa shape index (κ3) is 3.05. The molecule has 2 aliphatic heterocycles. The molecule has 0 saturated heterocycles. The molecule has 0 spiro atoms. The Balaban J connectivity index is 1.55. The summed E-state index contributed by atoms with van der Waals surface area (Å²) < 4.78 is 47.6. The molecule has 1 amide bonds. The van der Waals surface area contributed by atoms with Crippen molar-refractivity contribution in [1.29, 1.82) is 0 Å². The fraction of sp³-hybridized carbons (Fsp3) is 0.333. The van der Waals surface area contributed by atoms with Crippen molar-refractivity contribution in [3.05, 3.63) is 65.7 Å². The third-order valence-corrected chi connectivity index (χ3v) is 5.71. The molecule has 1 N–H and O–H groups in total. The first-order chi connectivity index (χ1) is 14.4. The van der Waals surface area contributed by atoms with Crippen LogP contribution < -0.4 is 10.2 Å². The lowest BCUT2D eigenvalue weighted by Gasteiger charge is -2.34. The summed E-state index contributed by atoms with van der Waals surface area (Å²) in [5, 5.41) is 7.00. The number of benzene rings is 1. The highest BCUT2D eigenvalue weighted by Gasteiger charge is 2.48. The fourth-order valence-corrected chi connectivity index (χ4v) is 4.29. The number of fused-ring (bicyclic) bond motifs is 2. The highest BCUT2D eigenvalue weighted by Crippen LogP contribution is 2.44. The molecule has 2 aromatic heterocycles. The molecule has 0 radical (unpaired) electrons. The minimum atomic E-state index is -4.51. The Morgan fingerprint density at radius 1 is 1.20 bits per heavy atom. The number of hydrogen-bond acceptors (Lipinski definition) is 4. The molecule has 0 fully saturated rings. The molecule has 156 valence electrons. The fourth-order valence-electron chi connectivity index (χ4n) is 4.29. The van der Waals surface area contributed by atoms with Crippen molar-refractivity contribution in [3.8, 4) is 0 Å². The predicted molar refractivity (Wildman–Crippen MR) is 103 cm³/mol. The van der Waals surface area contributed by atoms with Gasteiger partial charge in [-0.2, -0.15) is 18.3 Å². The van der Waals surface area contributed by atoms with Gasteiger partial charge in [0.25, 0.3) is 5.91 Å². The zero-order valence-electron chi connectivity index (χ0n) is 15.9. The van der Waals surface area contributed by atoms with Crippen molar-refractivity contribution < 1.29 is 22.4 Å². The number of halogens is 3. The molecule has 2 aliphatic rings. The number of aromatic nitrogens is 2. The van der Waals surface area contributed by atoms with Crippen LogP contribution in [-0.2, 0) is 6.42 Å². The van der Waals surface area contributed by atoms with E-state index in [0.29, 0.717) is 12.3 Å². The average molecular weight is 416 g/mol. The maximum Gasteiger partial charge on any atom is 0.410 e. The number of furan rings is 1. The third-order valence-electron chi connectivity index (χ3n) is 5.71. The van der Waals surface area contributed by atoms with Crippen LogP contribution in [0.3, 0.4) is 0 Å². The molecular formula is C21H19F3N4O2. The van der Waals surface area contributed by atoms with Crippen molar-refractivity contribution in [1.82, 2.24) is 9.78 Å². The lowest BCUT2D eigenvalue weighted by molar-refractivity contribution is -0.174. The van der Waals surface area contributed by atoms with Crippen LogP contribution in [0.25, 0.3) is 0 Å². The second-order valence-corrected chi connectivity index (χ2v) is 7.55. The maximum atomic E-state index is 13.8. The maximum absolute atomic E-state index is 13.8. The van der Waals surface area contributed by atoms with E-state index in [1.54, 1.807) is 17.0 Å². The lowest BCUT2D eigenvalue weighted by atomic mass is 10.00. The summed E-state index contributed by atoms with van der Waals surface area (Å²) in [6, 6.07) is 8.28. The monoisotopic (exact) mass is 416 g/mol. The van der Waals surface area contributed by atoms with E-state index >= 15 is 0 Å². The van der Waals surface area contributed by atoms with Crippen LogP contribution in [0.5, 0.6) is 0 Å². The molecule has 5 rings (SSSR count). The lowest BCUT2D eigenvalue weighted by Crippen LogP contribution is -2.38. The summed E-state index contributed by atoms with van der Waals surface area (Å²) in [6.07, 6.45) is -0.480. The van der Waals surface area contributed by atoms with Crippen LogP contribution in [0.1, 0.15) is 46.6 Å². The molecule has 9 heteroatoms. The normalized spacial score (nSPS) is 21.0. The standard InChI is InChI=1S/C21H19F3N4O2/c22-21(23,24)18-11-15(17-8-4-10-30-17)26-19-14(12-25-28(18)19)20(29)27-9-3-6-13-5-1-2-7-16(13)27/h1-2,4-5,7-8,10,12,15,18,26H,3,6,9,11H2/t15-,18+/m1/s1. The number of amides is 1. The van der Waals surface area contributed by atoms with E-state index in [0.717, 1.165) is 28.8 Å². The Hall–Kier alpha value is -3.23. The van der Waals surface area contributed by atoms with Gasteiger partial charge < -0.3 is 14.6 Å². The summed E-state index contributed by atoms with van der Waals surface area (Å²) in [7, 11) is 0. The van der Waals surface area contributed by atoms with Crippen LogP contribution >= 0.6 is 0 Å². The Labute approximate surface area is 170 Å². The van der Waals surface area contributed by atoms with Crippen LogP contribution in [0.15, 0.2) is 53.3 Å². The van der Waals surface area contributed by atoms with Crippen LogP contribution in [-0.4, -0.2) is 28.4 Å². The molecule has 2 atom stereocenters. The summed E-state index contributed by atoms with van der Waals surface area (Å²) in [4.78, 5) is 15.0. The molecule has 0 bridgehead atoms. The number of nitrogens with zero attached hydrogens (tertiary/aromatic N) is 3. The quantitative estimate of drug-likeness (QED) is 0.656. The van der Waals surface area contributed by atoms with Gasteiger partial charge in [-0.25, -0.2) is 4.68 Å². The van der Waals surface area contributed by atoms with Gasteiger partial charge in [0.2, 0.25) is 0 Å². The van der Waals surface area contributed by atoms with E-state index in [1.807, 2.05) is 24.3 Å². The number of carbonyl (C=O) groups is 1. The minimum Gasteiger partial charge on any atom is -0.467 e. The SMILES string of the molecule is O=C(c1cnn2c1N[C@@H](c1ccco1)C[C@H]2C(F)(F)F)N1CCCc2ccccc21. The van der Waals surface area contributed by atoms with Gasteiger partial charge in [-0.3, -0.25) is 4.79 Å². The summed E-state index contributed by atoms with van der Waals surface area (Å²) in [5.41, 5.74) is 1.96. The van der Waals surface area contributed by atoms with Crippen molar-refractivity contribution in [3.63, 3.8) is 0 Å². The number of nitrogens with one attached hydrogen (secondary N) is 1. The molecule has 1 aromatic carbocycles. The summed E-state index contributed by atoms with van der Waals surface area (Å²) in [5.74, 6) is 0.0911. The van der Waals surface area contributed by atoms with E-state index in [9.17, 15) is 18.0 Å². The van der Waals surface area contributed by atoms with E-state index < -0.39 is 18.3 Å². The Kier molecular flexibility index (Phi) is 4.34. The van der Waals surface area contributed by atoms with Crippen LogP contribution in [0, 0.1) is 0 Å². The zero-order chi connectivity index (χ0) is 20.9. The Morgan fingerprint density at radius 2 is 2.03 bits per heavy atom. The van der Waals surface area contributed by atoms with Gasteiger partial charge in [-0.05, 0) is 36.6 Å². The second kappa shape index (κ2) is 6.93. The molecule has 0 unspecified atom stereocenters. The number of hydrogen-bond donors (Lipinski definition) is 1. The van der Waals surface area contributed by atoms with Crippen LogP contribution in [0.4, 0.5) is 24.7 Å². The largest absolute Gasteiger partial charge is 0.467 e. The van der Waals surface area contributed by atoms with Gasteiger partial charge in [-0.1, -0.05) is 18.2 Å². The number of rotatable bonds is 2. The number of para-hydroxylation sites is 1. The molecule has 0 aliphatic carbocycles. The van der Waals surface area contributed by atoms with Crippen molar-refractivity contribution >= 4 is 17.4 Å². The van der Waals surface area contributed by atoms with Gasteiger partial charge in [0.05, 0.1) is 18.5 Å². The van der Waals surface area contributed by atoms with Gasteiger partial charge in [0, 0.05) is 18.7 Å². The Morgan fingerprint density at radius 3 is 2.80 bits per heavy atom. The van der Waals surface area contributed by atoms with Gasteiger partial charge in [-0.15, -0.1) is 0 Å². The number of carbonyl (C=O) groups excluding carboxylic acids is 1. The minimum absolute atomic E-state index is 0.0676. The highest BCUT2D eigenvalue weighted by molar-refractivity contribution is 6.09. The molecule has 4 heterocycles. The predicted octanol–water partition coefficient (Wildman–Crippen LogP) is 4.73. The van der Waals surface area contributed by atoms with Gasteiger partial charge in [0.1, 0.15) is 17.1 Å². The zero-order valence-corrected chi connectivity index (χ0v) is 15.9. The smallest absolute Gasteiger partial charge is 0.410 e. The second-order valence-electron chi connectivity index (χ2n) is 7.55. The molecule has 0 saturated carbocycles. The molecule has 6 nitrogen and oxygen atoms in total. The summed E-state index contributed by atoms with van der Waals surface area (Å²) >= 11 is 0. The average Bonchev–Trinajstić information content (AvgIpc) is 3.41. The topological polar surface area (TPSA) is 63.3 Å². The van der Waals surface area contributed by atoms with Crippen molar-refractivity contribution in [2.45, 2.75) is 37.5 Å². The first-order valence-electron chi connectivity index (χ1n) is 9.77. The first kappa shape index (κ1) is 18.8. The van der Waals surface area contributed by atoms with E-state index in [2.05, 4.69) is 10.4 Å². The van der Waals surface area contributed by atoms with Crippen molar-refractivity contribution in [2.24, 2.45) is 0 Å². The van der Waals surface area contributed by atoms with E-state index in [-0.39, 0.29) is 23.7 Å². The molecule has 30 heavy (non-hydrogen) atoms. The van der Waals surface area contributed by atoms with Gasteiger partial charge in [0.15, 0.2) is 6.04 Å². The highest BCUT2D eigenvalue weighted by atomic mass is 19.4. The van der Waals surface area contributed by atoms with E-state index in [1.165, 1.54) is 12.5 Å². The first-order valence-corrected chi connectivity index (χ1v) is 9.77. The van der Waals surface area contributed by atoms with Gasteiger partial charge >= 0.3 is 6.18 Å².